The molecule has 2 aromatic rings. The molecule has 15 heavy (non-hydrogen) atoms. The predicted molar refractivity (Wildman–Crippen MR) is 64.9 cm³/mol. The van der Waals surface area contributed by atoms with Gasteiger partial charge in [0.05, 0.1) is 0 Å². The number of rotatable bonds is 1. The van der Waals surface area contributed by atoms with Crippen LogP contribution in [0.15, 0.2) is 42.7 Å². The van der Waals surface area contributed by atoms with Crippen molar-refractivity contribution >= 4 is 0 Å². The van der Waals surface area contributed by atoms with Crippen molar-refractivity contribution in [2.45, 2.75) is 26.2 Å². The van der Waals surface area contributed by atoms with Gasteiger partial charge in [0.2, 0.25) is 0 Å². The van der Waals surface area contributed by atoms with Crippen molar-refractivity contribution in [2.24, 2.45) is 0 Å². The maximum absolute atomic E-state index is 3.07. The van der Waals surface area contributed by atoms with Crippen LogP contribution in [0.2, 0.25) is 0 Å². The molecule has 0 unspecified atom stereocenters. The van der Waals surface area contributed by atoms with Crippen LogP contribution < -0.4 is 0 Å². The van der Waals surface area contributed by atoms with Crippen molar-refractivity contribution in [3.63, 3.8) is 0 Å². The summed E-state index contributed by atoms with van der Waals surface area (Å²) in [4.78, 5) is 3.07. The first-order chi connectivity index (χ1) is 7.07. The van der Waals surface area contributed by atoms with Crippen LogP contribution in [0, 0.1) is 0 Å². The molecular formula is C14H17N. The van der Waals surface area contributed by atoms with Crippen molar-refractivity contribution in [2.75, 3.05) is 0 Å². The summed E-state index contributed by atoms with van der Waals surface area (Å²) in [6, 6.07) is 10.9. The third kappa shape index (κ3) is 2.12. The van der Waals surface area contributed by atoms with E-state index in [-0.39, 0.29) is 5.41 Å². The van der Waals surface area contributed by atoms with Gasteiger partial charge in [-0.1, -0.05) is 45.0 Å². The highest BCUT2D eigenvalue weighted by molar-refractivity contribution is 5.62. The SMILES string of the molecule is CC(C)(C)c1ccc(-c2cc[nH]c2)cc1. The van der Waals surface area contributed by atoms with Gasteiger partial charge in [0.15, 0.2) is 0 Å². The first kappa shape index (κ1) is 10.0. The van der Waals surface area contributed by atoms with E-state index in [4.69, 9.17) is 0 Å². The Morgan fingerprint density at radius 2 is 1.53 bits per heavy atom. The van der Waals surface area contributed by atoms with E-state index in [1.54, 1.807) is 0 Å². The molecule has 0 amide bonds. The monoisotopic (exact) mass is 199 g/mol. The Labute approximate surface area is 91.2 Å². The van der Waals surface area contributed by atoms with Crippen molar-refractivity contribution in [3.05, 3.63) is 48.3 Å². The molecular weight excluding hydrogens is 182 g/mol. The van der Waals surface area contributed by atoms with Gasteiger partial charge in [0, 0.05) is 12.4 Å². The lowest BCUT2D eigenvalue weighted by Gasteiger charge is -2.19. The van der Waals surface area contributed by atoms with Crippen LogP contribution in [0.3, 0.4) is 0 Å². The Balaban J connectivity index is 2.33. The molecule has 78 valence electrons. The van der Waals surface area contributed by atoms with Crippen molar-refractivity contribution < 1.29 is 0 Å². The largest absolute Gasteiger partial charge is 0.367 e. The minimum Gasteiger partial charge on any atom is -0.367 e. The summed E-state index contributed by atoms with van der Waals surface area (Å²) in [6.45, 7) is 6.70. The molecule has 0 saturated heterocycles. The minimum absolute atomic E-state index is 0.233. The standard InChI is InChI=1S/C14H17N/c1-14(2,3)13-6-4-11(5-7-13)12-8-9-15-10-12/h4-10,15H,1-3H3. The molecule has 0 aliphatic rings. The first-order valence-electron chi connectivity index (χ1n) is 5.31. The fourth-order valence-corrected chi connectivity index (χ4v) is 1.67. The van der Waals surface area contributed by atoms with E-state index in [1.165, 1.54) is 16.7 Å². The van der Waals surface area contributed by atoms with Crippen LogP contribution in [0.4, 0.5) is 0 Å². The van der Waals surface area contributed by atoms with Gasteiger partial charge in [-0.2, -0.15) is 0 Å². The van der Waals surface area contributed by atoms with Crippen LogP contribution in [-0.2, 0) is 5.41 Å². The number of H-pyrrole nitrogens is 1. The van der Waals surface area contributed by atoms with Crippen LogP contribution >= 0.6 is 0 Å². The van der Waals surface area contributed by atoms with Gasteiger partial charge in [0.1, 0.15) is 0 Å². The van der Waals surface area contributed by atoms with Crippen LogP contribution in [-0.4, -0.2) is 4.98 Å². The van der Waals surface area contributed by atoms with Crippen molar-refractivity contribution in [1.29, 1.82) is 0 Å². The van der Waals surface area contributed by atoms with Gasteiger partial charge in [-0.3, -0.25) is 0 Å². The van der Waals surface area contributed by atoms with Gasteiger partial charge in [-0.15, -0.1) is 0 Å². The highest BCUT2D eigenvalue weighted by Crippen LogP contribution is 2.25. The smallest absolute Gasteiger partial charge is 0.00841 e. The second kappa shape index (κ2) is 3.58. The van der Waals surface area contributed by atoms with Crippen molar-refractivity contribution in [3.8, 4) is 11.1 Å². The number of aromatic amines is 1. The zero-order chi connectivity index (χ0) is 10.9. The topological polar surface area (TPSA) is 15.8 Å². The summed E-state index contributed by atoms with van der Waals surface area (Å²) < 4.78 is 0. The molecule has 0 spiro atoms. The average Bonchev–Trinajstić information content (AvgIpc) is 2.69. The molecule has 1 aromatic carbocycles. The van der Waals surface area contributed by atoms with Gasteiger partial charge in [0.25, 0.3) is 0 Å². The van der Waals surface area contributed by atoms with Crippen LogP contribution in [0.25, 0.3) is 11.1 Å². The molecule has 0 fully saturated rings. The molecule has 0 aliphatic heterocycles. The molecule has 0 radical (unpaired) electrons. The van der Waals surface area contributed by atoms with E-state index in [2.05, 4.69) is 56.1 Å². The molecule has 0 atom stereocenters. The number of aromatic nitrogens is 1. The quantitative estimate of drug-likeness (QED) is 0.715. The Morgan fingerprint density at radius 1 is 0.867 bits per heavy atom. The number of benzene rings is 1. The predicted octanol–water partition coefficient (Wildman–Crippen LogP) is 3.98. The van der Waals surface area contributed by atoms with E-state index in [1.807, 2.05) is 12.4 Å². The third-order valence-corrected chi connectivity index (χ3v) is 2.68. The normalized spacial score (nSPS) is 11.7. The van der Waals surface area contributed by atoms with Gasteiger partial charge in [-0.25, -0.2) is 0 Å². The first-order valence-corrected chi connectivity index (χ1v) is 5.31. The summed E-state index contributed by atoms with van der Waals surface area (Å²) >= 11 is 0. The third-order valence-electron chi connectivity index (χ3n) is 2.68. The van der Waals surface area contributed by atoms with Gasteiger partial charge < -0.3 is 4.98 Å². The zero-order valence-corrected chi connectivity index (χ0v) is 9.54. The highest BCUT2D eigenvalue weighted by Gasteiger charge is 2.12. The maximum Gasteiger partial charge on any atom is 0.00841 e. The maximum atomic E-state index is 3.07. The Morgan fingerprint density at radius 3 is 2.00 bits per heavy atom. The Bertz CT molecular complexity index is 415. The van der Waals surface area contributed by atoms with E-state index < -0.39 is 0 Å². The summed E-state index contributed by atoms with van der Waals surface area (Å²) in [5.74, 6) is 0. The highest BCUT2D eigenvalue weighted by atomic mass is 14.6. The Hall–Kier alpha value is -1.50. The molecule has 1 heteroatoms. The summed E-state index contributed by atoms with van der Waals surface area (Å²) in [5.41, 5.74) is 4.12. The van der Waals surface area contributed by atoms with Crippen LogP contribution in [0.5, 0.6) is 0 Å². The molecule has 0 aliphatic carbocycles. The molecule has 1 nitrogen and oxygen atoms in total. The number of hydrogen-bond donors (Lipinski definition) is 1. The molecule has 0 saturated carbocycles. The minimum atomic E-state index is 0.233. The van der Waals surface area contributed by atoms with E-state index in [0.717, 1.165) is 0 Å². The Kier molecular flexibility index (Phi) is 2.39. The molecule has 1 N–H and O–H groups in total. The van der Waals surface area contributed by atoms with Crippen LogP contribution in [0.1, 0.15) is 26.3 Å². The lowest BCUT2D eigenvalue weighted by molar-refractivity contribution is 0.590. The fraction of sp³-hybridized carbons (Fsp3) is 0.286. The molecule has 0 bridgehead atoms. The summed E-state index contributed by atoms with van der Waals surface area (Å²) in [6.07, 6.45) is 3.97. The fourth-order valence-electron chi connectivity index (χ4n) is 1.67. The second-order valence-corrected chi connectivity index (χ2v) is 4.93. The molecule has 1 aromatic heterocycles. The lowest BCUT2D eigenvalue weighted by Crippen LogP contribution is -2.10. The summed E-state index contributed by atoms with van der Waals surface area (Å²) in [5, 5.41) is 0. The van der Waals surface area contributed by atoms with Gasteiger partial charge >= 0.3 is 0 Å². The number of hydrogen-bond acceptors (Lipinski definition) is 0. The molecule has 2 rings (SSSR count). The van der Waals surface area contributed by atoms with E-state index >= 15 is 0 Å². The van der Waals surface area contributed by atoms with Gasteiger partial charge in [-0.05, 0) is 28.2 Å². The van der Waals surface area contributed by atoms with E-state index in [9.17, 15) is 0 Å². The zero-order valence-electron chi connectivity index (χ0n) is 9.54. The van der Waals surface area contributed by atoms with E-state index in [0.29, 0.717) is 0 Å². The van der Waals surface area contributed by atoms with Crippen molar-refractivity contribution in [1.82, 2.24) is 4.98 Å². The average molecular weight is 199 g/mol. The second-order valence-electron chi connectivity index (χ2n) is 4.93. The molecule has 1 heterocycles. The lowest BCUT2D eigenvalue weighted by atomic mass is 9.86. The summed E-state index contributed by atoms with van der Waals surface area (Å²) in [7, 11) is 0. The number of nitrogens with one attached hydrogen (secondary N) is 1.